The Balaban J connectivity index is 1.42. The highest BCUT2D eigenvalue weighted by Crippen LogP contribution is 2.27. The quantitative estimate of drug-likeness (QED) is 0.351. The largest absolute Gasteiger partial charge is 0.493 e. The van der Waals surface area contributed by atoms with Crippen LogP contribution in [0.4, 0.5) is 5.69 Å². The van der Waals surface area contributed by atoms with E-state index in [1.54, 1.807) is 43.5 Å². The third kappa shape index (κ3) is 7.05. The Kier molecular flexibility index (Phi) is 8.50. The normalized spacial score (nSPS) is 10.6. The van der Waals surface area contributed by atoms with Gasteiger partial charge in [0.2, 0.25) is 0 Å². The van der Waals surface area contributed by atoms with E-state index in [2.05, 4.69) is 10.5 Å². The summed E-state index contributed by atoms with van der Waals surface area (Å²) >= 11 is 0. The van der Waals surface area contributed by atoms with E-state index in [9.17, 15) is 4.79 Å². The van der Waals surface area contributed by atoms with Crippen LogP contribution in [-0.2, 0) is 16.2 Å². The summed E-state index contributed by atoms with van der Waals surface area (Å²) in [5.74, 6) is 1.66. The van der Waals surface area contributed by atoms with Gasteiger partial charge in [-0.2, -0.15) is 0 Å². The van der Waals surface area contributed by atoms with Gasteiger partial charge in [-0.25, -0.2) is 0 Å². The lowest BCUT2D eigenvalue weighted by Crippen LogP contribution is -2.16. The molecular weight excluding hydrogens is 408 g/mol. The number of nitrogens with zero attached hydrogens (tertiary/aromatic N) is 1. The number of benzene rings is 3. The molecule has 0 saturated heterocycles. The predicted molar refractivity (Wildman–Crippen MR) is 124 cm³/mol. The molecule has 0 fully saturated rings. The van der Waals surface area contributed by atoms with Gasteiger partial charge in [0.25, 0.3) is 5.91 Å². The van der Waals surface area contributed by atoms with E-state index >= 15 is 0 Å². The Morgan fingerprint density at radius 2 is 1.75 bits per heavy atom. The first kappa shape index (κ1) is 22.7. The van der Waals surface area contributed by atoms with Gasteiger partial charge in [0.15, 0.2) is 18.1 Å². The van der Waals surface area contributed by atoms with E-state index < -0.39 is 0 Å². The number of rotatable bonds is 11. The molecule has 3 rings (SSSR count). The number of carbonyl (C=O) groups excluding carboxylic acids is 1. The Morgan fingerprint density at radius 1 is 0.969 bits per heavy atom. The number of hydrogen-bond acceptors (Lipinski definition) is 6. The second kappa shape index (κ2) is 12.0. The molecule has 0 heterocycles. The van der Waals surface area contributed by atoms with Gasteiger partial charge in [0, 0.05) is 11.3 Å². The number of amides is 1. The number of nitrogens with one attached hydrogen (secondary N) is 1. The van der Waals surface area contributed by atoms with Gasteiger partial charge in [-0.05, 0) is 55.0 Å². The van der Waals surface area contributed by atoms with Crippen molar-refractivity contribution >= 4 is 17.8 Å². The van der Waals surface area contributed by atoms with Gasteiger partial charge in [-0.15, -0.1) is 0 Å². The third-order valence-electron chi connectivity index (χ3n) is 4.35. The van der Waals surface area contributed by atoms with Crippen LogP contribution < -0.4 is 19.5 Å². The van der Waals surface area contributed by atoms with Crippen molar-refractivity contribution in [2.75, 3.05) is 25.6 Å². The molecule has 7 nitrogen and oxygen atoms in total. The standard InChI is InChI=1S/C25H26N2O5/c1-3-30-23-14-9-20(15-24(23)29-2)16-26-32-18-25(28)27-21-10-12-22(13-11-21)31-17-19-7-5-4-6-8-19/h4-16H,3,17-18H2,1-2H3,(H,27,28). The van der Waals surface area contributed by atoms with Gasteiger partial charge in [-0.1, -0.05) is 35.5 Å². The molecule has 0 radical (unpaired) electrons. The maximum absolute atomic E-state index is 12.1. The fraction of sp³-hybridized carbons (Fsp3) is 0.200. The van der Waals surface area contributed by atoms with Crippen molar-refractivity contribution in [1.82, 2.24) is 0 Å². The van der Waals surface area contributed by atoms with Crippen LogP contribution in [0, 0.1) is 0 Å². The summed E-state index contributed by atoms with van der Waals surface area (Å²) in [5.41, 5.74) is 2.49. The first-order chi connectivity index (χ1) is 15.7. The van der Waals surface area contributed by atoms with E-state index in [4.69, 9.17) is 19.0 Å². The summed E-state index contributed by atoms with van der Waals surface area (Å²) in [6, 6.07) is 22.5. The summed E-state index contributed by atoms with van der Waals surface area (Å²) in [7, 11) is 1.57. The van der Waals surface area contributed by atoms with E-state index in [0.717, 1.165) is 16.9 Å². The average molecular weight is 434 g/mol. The van der Waals surface area contributed by atoms with Gasteiger partial charge >= 0.3 is 0 Å². The fourth-order valence-corrected chi connectivity index (χ4v) is 2.81. The molecule has 0 bridgehead atoms. The number of ether oxygens (including phenoxy) is 3. The maximum Gasteiger partial charge on any atom is 0.265 e. The highest BCUT2D eigenvalue weighted by molar-refractivity contribution is 5.91. The average Bonchev–Trinajstić information content (AvgIpc) is 2.83. The minimum absolute atomic E-state index is 0.211. The second-order valence-corrected chi connectivity index (χ2v) is 6.70. The molecule has 7 heteroatoms. The van der Waals surface area contributed by atoms with Crippen molar-refractivity contribution in [1.29, 1.82) is 0 Å². The minimum Gasteiger partial charge on any atom is -0.493 e. The minimum atomic E-state index is -0.315. The van der Waals surface area contributed by atoms with Gasteiger partial charge < -0.3 is 24.4 Å². The smallest absolute Gasteiger partial charge is 0.265 e. The zero-order valence-corrected chi connectivity index (χ0v) is 18.1. The first-order valence-corrected chi connectivity index (χ1v) is 10.2. The van der Waals surface area contributed by atoms with Crippen LogP contribution in [-0.4, -0.2) is 32.4 Å². The Morgan fingerprint density at radius 3 is 2.47 bits per heavy atom. The number of oxime groups is 1. The van der Waals surface area contributed by atoms with Crippen LogP contribution >= 0.6 is 0 Å². The number of hydrogen-bond donors (Lipinski definition) is 1. The number of carbonyl (C=O) groups is 1. The SMILES string of the molecule is CCOc1ccc(C=NOCC(=O)Nc2ccc(OCc3ccccc3)cc2)cc1OC. The molecule has 1 N–H and O–H groups in total. The maximum atomic E-state index is 12.1. The summed E-state index contributed by atoms with van der Waals surface area (Å²) in [5, 5.41) is 6.59. The van der Waals surface area contributed by atoms with Crippen molar-refractivity contribution in [2.24, 2.45) is 5.16 Å². The molecule has 166 valence electrons. The molecule has 0 unspecified atom stereocenters. The molecule has 1 amide bonds. The van der Waals surface area contributed by atoms with Crippen LogP contribution in [0.5, 0.6) is 17.2 Å². The molecule has 0 spiro atoms. The van der Waals surface area contributed by atoms with Crippen LogP contribution in [0.1, 0.15) is 18.1 Å². The monoisotopic (exact) mass is 434 g/mol. The lowest BCUT2D eigenvalue weighted by Gasteiger charge is -2.09. The first-order valence-electron chi connectivity index (χ1n) is 10.2. The Labute approximate surface area is 187 Å². The molecule has 32 heavy (non-hydrogen) atoms. The van der Waals surface area contributed by atoms with Crippen LogP contribution in [0.25, 0.3) is 0 Å². The molecular formula is C25H26N2O5. The molecule has 3 aromatic carbocycles. The predicted octanol–water partition coefficient (Wildman–Crippen LogP) is 4.66. The Bertz CT molecular complexity index is 1020. The molecule has 0 aromatic heterocycles. The second-order valence-electron chi connectivity index (χ2n) is 6.70. The third-order valence-corrected chi connectivity index (χ3v) is 4.35. The molecule has 3 aromatic rings. The lowest BCUT2D eigenvalue weighted by molar-refractivity contribution is -0.120. The lowest BCUT2D eigenvalue weighted by atomic mass is 10.2. The van der Waals surface area contributed by atoms with Crippen LogP contribution in [0.3, 0.4) is 0 Å². The fourth-order valence-electron chi connectivity index (χ4n) is 2.81. The molecule has 0 saturated carbocycles. The molecule has 0 aliphatic heterocycles. The zero-order valence-electron chi connectivity index (χ0n) is 18.1. The zero-order chi connectivity index (χ0) is 22.6. The number of methoxy groups -OCH3 is 1. The number of anilines is 1. The summed E-state index contributed by atoms with van der Waals surface area (Å²) < 4.78 is 16.5. The van der Waals surface area contributed by atoms with E-state index in [1.807, 2.05) is 43.3 Å². The van der Waals surface area contributed by atoms with Gasteiger partial charge in [0.05, 0.1) is 19.9 Å². The van der Waals surface area contributed by atoms with Gasteiger partial charge in [-0.3, -0.25) is 4.79 Å². The van der Waals surface area contributed by atoms with Crippen LogP contribution in [0.2, 0.25) is 0 Å². The van der Waals surface area contributed by atoms with E-state index in [-0.39, 0.29) is 12.5 Å². The van der Waals surface area contributed by atoms with E-state index in [0.29, 0.717) is 30.4 Å². The van der Waals surface area contributed by atoms with E-state index in [1.165, 1.54) is 6.21 Å². The summed E-state index contributed by atoms with van der Waals surface area (Å²) in [6.07, 6.45) is 1.50. The topological polar surface area (TPSA) is 78.4 Å². The molecule has 0 aliphatic carbocycles. The molecule has 0 aliphatic rings. The summed E-state index contributed by atoms with van der Waals surface area (Å²) in [4.78, 5) is 17.2. The molecule has 0 atom stereocenters. The van der Waals surface area contributed by atoms with Crippen molar-refractivity contribution in [2.45, 2.75) is 13.5 Å². The summed E-state index contributed by atoms with van der Waals surface area (Å²) in [6.45, 7) is 2.73. The van der Waals surface area contributed by atoms with Crippen molar-refractivity contribution in [3.63, 3.8) is 0 Å². The van der Waals surface area contributed by atoms with Crippen molar-refractivity contribution < 1.29 is 23.8 Å². The highest BCUT2D eigenvalue weighted by atomic mass is 16.6. The Hall–Kier alpha value is -4.00. The highest BCUT2D eigenvalue weighted by Gasteiger charge is 2.05. The van der Waals surface area contributed by atoms with Gasteiger partial charge in [0.1, 0.15) is 12.4 Å². The van der Waals surface area contributed by atoms with Crippen molar-refractivity contribution in [3.8, 4) is 17.2 Å². The van der Waals surface area contributed by atoms with Crippen LogP contribution in [0.15, 0.2) is 78.0 Å². The van der Waals surface area contributed by atoms with Crippen molar-refractivity contribution in [3.05, 3.63) is 83.9 Å².